The van der Waals surface area contributed by atoms with E-state index in [-0.39, 0.29) is 16.6 Å². The van der Waals surface area contributed by atoms with Gasteiger partial charge < -0.3 is 9.08 Å². The van der Waals surface area contributed by atoms with Crippen molar-refractivity contribution in [1.29, 1.82) is 0 Å². The number of carbonyl (C=O) groups excluding carboxylic acids is 1. The summed E-state index contributed by atoms with van der Waals surface area (Å²) in [5.41, 5.74) is 1.58. The average Bonchev–Trinajstić information content (AvgIpc) is 3.08. The van der Waals surface area contributed by atoms with Crippen molar-refractivity contribution in [3.8, 4) is 5.75 Å². The molecule has 1 aliphatic rings. The van der Waals surface area contributed by atoms with Crippen LogP contribution in [0, 0.1) is 0 Å². The van der Waals surface area contributed by atoms with E-state index in [4.69, 9.17) is 4.18 Å². The first-order chi connectivity index (χ1) is 12.9. The van der Waals surface area contributed by atoms with E-state index >= 15 is 0 Å². The summed E-state index contributed by atoms with van der Waals surface area (Å²) in [6.07, 6.45) is 0.715. The molecular formula is C20H16BrNO4S. The molecule has 0 atom stereocenters. The van der Waals surface area contributed by atoms with E-state index in [1.807, 2.05) is 30.3 Å². The van der Waals surface area contributed by atoms with Crippen molar-refractivity contribution in [2.45, 2.75) is 18.2 Å². The topological polar surface area (TPSA) is 63.7 Å². The minimum absolute atomic E-state index is 0.0226. The molecule has 0 saturated heterocycles. The minimum Gasteiger partial charge on any atom is -0.378 e. The van der Waals surface area contributed by atoms with Crippen LogP contribution in [-0.2, 0) is 21.3 Å². The molecule has 0 fully saturated rings. The number of anilines is 1. The Kier molecular flexibility index (Phi) is 4.44. The van der Waals surface area contributed by atoms with Gasteiger partial charge >= 0.3 is 10.1 Å². The molecule has 0 bridgehead atoms. The van der Waals surface area contributed by atoms with E-state index in [0.29, 0.717) is 23.1 Å². The highest BCUT2D eigenvalue weighted by Gasteiger charge is 2.26. The monoisotopic (exact) mass is 445 g/mol. The average molecular weight is 446 g/mol. The highest BCUT2D eigenvalue weighted by Crippen LogP contribution is 2.36. The summed E-state index contributed by atoms with van der Waals surface area (Å²) in [5, 5.41) is 1.84. The highest BCUT2D eigenvalue weighted by molar-refractivity contribution is 9.10. The van der Waals surface area contributed by atoms with Gasteiger partial charge in [0.1, 0.15) is 4.90 Å². The number of halogens is 1. The van der Waals surface area contributed by atoms with Gasteiger partial charge in [0.05, 0.1) is 4.47 Å². The third-order valence-electron chi connectivity index (χ3n) is 4.65. The molecule has 0 unspecified atom stereocenters. The van der Waals surface area contributed by atoms with Crippen molar-refractivity contribution in [2.24, 2.45) is 0 Å². The van der Waals surface area contributed by atoms with Crippen molar-refractivity contribution in [3.05, 3.63) is 64.6 Å². The van der Waals surface area contributed by atoms with Crippen LogP contribution in [-0.4, -0.2) is 20.9 Å². The van der Waals surface area contributed by atoms with Crippen LogP contribution in [0.4, 0.5) is 5.69 Å². The lowest BCUT2D eigenvalue weighted by molar-refractivity contribution is -0.116. The number of amides is 1. The Morgan fingerprint density at radius 3 is 2.67 bits per heavy atom. The normalized spacial score (nSPS) is 13.6. The first-order valence-corrected chi connectivity index (χ1v) is 10.6. The van der Waals surface area contributed by atoms with E-state index in [9.17, 15) is 13.2 Å². The maximum Gasteiger partial charge on any atom is 0.339 e. The maximum absolute atomic E-state index is 12.8. The Balaban J connectivity index is 1.72. The predicted molar refractivity (Wildman–Crippen MR) is 108 cm³/mol. The highest BCUT2D eigenvalue weighted by atomic mass is 79.9. The number of nitrogens with zero attached hydrogens (tertiary/aromatic N) is 1. The Morgan fingerprint density at radius 1 is 1.11 bits per heavy atom. The van der Waals surface area contributed by atoms with Gasteiger partial charge in [-0.1, -0.05) is 36.4 Å². The number of benzene rings is 3. The van der Waals surface area contributed by atoms with E-state index in [0.717, 1.165) is 16.3 Å². The lowest BCUT2D eigenvalue weighted by atomic mass is 10.1. The van der Waals surface area contributed by atoms with Crippen molar-refractivity contribution in [1.82, 2.24) is 0 Å². The second kappa shape index (κ2) is 6.65. The fourth-order valence-electron chi connectivity index (χ4n) is 3.29. The lowest BCUT2D eigenvalue weighted by Gasteiger charge is -2.16. The van der Waals surface area contributed by atoms with Crippen molar-refractivity contribution >= 4 is 48.4 Å². The van der Waals surface area contributed by atoms with Gasteiger partial charge in [-0.05, 0) is 56.9 Å². The molecular weight excluding hydrogens is 430 g/mol. The SMILES string of the molecule is CC(=O)N1CCc2ccc(S(=O)(=O)Oc3ccc4ccccc4c3Br)cc21. The summed E-state index contributed by atoms with van der Waals surface area (Å²) in [6, 6.07) is 15.8. The van der Waals surface area contributed by atoms with Crippen molar-refractivity contribution in [3.63, 3.8) is 0 Å². The zero-order valence-electron chi connectivity index (χ0n) is 14.5. The molecule has 27 heavy (non-hydrogen) atoms. The number of carbonyl (C=O) groups is 1. The molecule has 0 saturated carbocycles. The van der Waals surface area contributed by atoms with Crippen LogP contribution < -0.4 is 9.08 Å². The van der Waals surface area contributed by atoms with Crippen LogP contribution in [0.5, 0.6) is 5.75 Å². The first-order valence-electron chi connectivity index (χ1n) is 8.39. The van der Waals surface area contributed by atoms with Gasteiger partial charge in [-0.2, -0.15) is 8.42 Å². The smallest absolute Gasteiger partial charge is 0.339 e. The Labute approximate surface area is 165 Å². The zero-order chi connectivity index (χ0) is 19.2. The summed E-state index contributed by atoms with van der Waals surface area (Å²) in [4.78, 5) is 13.4. The molecule has 7 heteroatoms. The van der Waals surface area contributed by atoms with Crippen LogP contribution >= 0.6 is 15.9 Å². The number of hydrogen-bond donors (Lipinski definition) is 0. The Morgan fingerprint density at radius 2 is 1.89 bits per heavy atom. The second-order valence-electron chi connectivity index (χ2n) is 6.35. The summed E-state index contributed by atoms with van der Waals surface area (Å²) in [6.45, 7) is 2.03. The standard InChI is InChI=1S/C20H16BrNO4S/c1-13(23)22-11-10-15-6-8-16(12-18(15)22)27(24,25)26-19-9-7-14-4-2-3-5-17(14)20(19)21/h2-9,12H,10-11H2,1H3. The molecule has 1 amide bonds. The Hall–Kier alpha value is -2.38. The van der Waals surface area contributed by atoms with Crippen LogP contribution in [0.15, 0.2) is 64.0 Å². The van der Waals surface area contributed by atoms with Gasteiger partial charge in [0, 0.05) is 19.2 Å². The van der Waals surface area contributed by atoms with Gasteiger partial charge in [0.2, 0.25) is 5.91 Å². The van der Waals surface area contributed by atoms with Crippen LogP contribution in [0.1, 0.15) is 12.5 Å². The van der Waals surface area contributed by atoms with Crippen molar-refractivity contribution < 1.29 is 17.4 Å². The minimum atomic E-state index is -4.04. The third-order valence-corrected chi connectivity index (χ3v) is 6.70. The van der Waals surface area contributed by atoms with E-state index in [1.165, 1.54) is 19.1 Å². The van der Waals surface area contributed by atoms with Crippen LogP contribution in [0.3, 0.4) is 0 Å². The fraction of sp³-hybridized carbons (Fsp3) is 0.150. The quantitative estimate of drug-likeness (QED) is 0.564. The zero-order valence-corrected chi connectivity index (χ0v) is 16.9. The predicted octanol–water partition coefficient (Wildman–Crippen LogP) is 4.28. The maximum atomic E-state index is 12.8. The first kappa shape index (κ1) is 18.0. The molecule has 0 aromatic heterocycles. The molecule has 1 heterocycles. The lowest BCUT2D eigenvalue weighted by Crippen LogP contribution is -2.26. The summed E-state index contributed by atoms with van der Waals surface area (Å²) >= 11 is 3.44. The number of fused-ring (bicyclic) bond motifs is 2. The van der Waals surface area contributed by atoms with E-state index < -0.39 is 10.1 Å². The molecule has 3 aromatic rings. The van der Waals surface area contributed by atoms with Gasteiger partial charge in [0.25, 0.3) is 0 Å². The van der Waals surface area contributed by atoms with Crippen molar-refractivity contribution in [2.75, 3.05) is 11.4 Å². The second-order valence-corrected chi connectivity index (χ2v) is 8.69. The largest absolute Gasteiger partial charge is 0.378 e. The molecule has 5 nitrogen and oxygen atoms in total. The summed E-state index contributed by atoms with van der Waals surface area (Å²) < 4.78 is 31.6. The molecule has 138 valence electrons. The van der Waals surface area contributed by atoms with Gasteiger partial charge in [0.15, 0.2) is 5.75 Å². The fourth-order valence-corrected chi connectivity index (χ4v) is 4.93. The molecule has 0 radical (unpaired) electrons. The molecule has 0 spiro atoms. The van der Waals surface area contributed by atoms with Crippen LogP contribution in [0.25, 0.3) is 10.8 Å². The number of rotatable bonds is 3. The van der Waals surface area contributed by atoms with Gasteiger partial charge in [-0.3, -0.25) is 4.79 Å². The molecule has 0 aliphatic carbocycles. The van der Waals surface area contributed by atoms with E-state index in [1.54, 1.807) is 17.0 Å². The molecule has 1 aliphatic heterocycles. The number of hydrogen-bond acceptors (Lipinski definition) is 4. The molecule has 0 N–H and O–H groups in total. The van der Waals surface area contributed by atoms with E-state index in [2.05, 4.69) is 15.9 Å². The summed E-state index contributed by atoms with van der Waals surface area (Å²) in [5.74, 6) is 0.110. The molecule has 3 aromatic carbocycles. The Bertz CT molecular complexity index is 1170. The van der Waals surface area contributed by atoms with Gasteiger partial charge in [-0.15, -0.1) is 0 Å². The van der Waals surface area contributed by atoms with Gasteiger partial charge in [-0.25, -0.2) is 0 Å². The summed E-state index contributed by atoms with van der Waals surface area (Å²) in [7, 11) is -4.04. The third kappa shape index (κ3) is 3.21. The van der Waals surface area contributed by atoms with Crippen LogP contribution in [0.2, 0.25) is 0 Å². The molecule has 4 rings (SSSR count).